The van der Waals surface area contributed by atoms with E-state index in [1.807, 2.05) is 32.0 Å². The van der Waals surface area contributed by atoms with E-state index in [1.54, 1.807) is 45.0 Å². The van der Waals surface area contributed by atoms with E-state index in [0.717, 1.165) is 12.0 Å². The molecule has 4 rings (SSSR count). The van der Waals surface area contributed by atoms with Gasteiger partial charge in [-0.1, -0.05) is 31.2 Å². The first kappa shape index (κ1) is 21.6. The van der Waals surface area contributed by atoms with Crippen LogP contribution in [0.2, 0.25) is 0 Å². The van der Waals surface area contributed by atoms with E-state index in [-0.39, 0.29) is 24.3 Å². The van der Waals surface area contributed by atoms with E-state index in [2.05, 4.69) is 6.07 Å². The van der Waals surface area contributed by atoms with Crippen LogP contribution in [0.1, 0.15) is 54.6 Å². The molecule has 0 aliphatic carbocycles. The fourth-order valence-electron chi connectivity index (χ4n) is 4.64. The van der Waals surface area contributed by atoms with Gasteiger partial charge in [-0.25, -0.2) is 0 Å². The lowest BCUT2D eigenvalue weighted by atomic mass is 9.98. The summed E-state index contributed by atoms with van der Waals surface area (Å²) in [6.07, 6.45) is 1.61. The second-order valence-electron chi connectivity index (χ2n) is 8.48. The van der Waals surface area contributed by atoms with Gasteiger partial charge in [-0.15, -0.1) is 0 Å². The highest BCUT2D eigenvalue weighted by Crippen LogP contribution is 2.43. The number of rotatable bonds is 6. The highest BCUT2D eigenvalue weighted by Gasteiger charge is 2.53. The maximum atomic E-state index is 13.4. The van der Waals surface area contributed by atoms with Crippen LogP contribution in [0.15, 0.2) is 48.5 Å². The number of nitriles is 1. The molecule has 1 unspecified atom stereocenters. The van der Waals surface area contributed by atoms with Crippen LogP contribution in [0.5, 0.6) is 0 Å². The number of para-hydroxylation sites is 1. The molecule has 0 spiro atoms. The number of hydrogen-bond donors (Lipinski definition) is 0. The summed E-state index contributed by atoms with van der Waals surface area (Å²) in [5.74, 6) is -0.422. The maximum absolute atomic E-state index is 13.4. The smallest absolute Gasteiger partial charge is 0.258 e. The zero-order valence-corrected chi connectivity index (χ0v) is 18.4. The molecule has 0 saturated carbocycles. The number of amides is 3. The summed E-state index contributed by atoms with van der Waals surface area (Å²) in [4.78, 5) is 44.5. The minimum absolute atomic E-state index is 0.0344. The Morgan fingerprint density at radius 2 is 1.88 bits per heavy atom. The highest BCUT2D eigenvalue weighted by atomic mass is 16.2. The number of anilines is 1. The predicted molar refractivity (Wildman–Crippen MR) is 119 cm³/mol. The third-order valence-corrected chi connectivity index (χ3v) is 6.34. The third kappa shape index (κ3) is 3.62. The Hall–Kier alpha value is -3.66. The van der Waals surface area contributed by atoms with E-state index >= 15 is 0 Å². The molecular formula is C25H26N4O3. The molecule has 2 heterocycles. The van der Waals surface area contributed by atoms with Crippen molar-refractivity contribution in [3.63, 3.8) is 0 Å². The van der Waals surface area contributed by atoms with Crippen molar-refractivity contribution in [2.45, 2.75) is 45.3 Å². The molecule has 1 saturated heterocycles. The summed E-state index contributed by atoms with van der Waals surface area (Å²) in [6.45, 7) is 4.72. The Labute approximate surface area is 187 Å². The monoisotopic (exact) mass is 430 g/mol. The van der Waals surface area contributed by atoms with Crippen LogP contribution in [0.3, 0.4) is 0 Å². The van der Waals surface area contributed by atoms with Crippen LogP contribution < -0.4 is 4.90 Å². The van der Waals surface area contributed by atoms with E-state index in [1.165, 1.54) is 0 Å². The molecule has 164 valence electrons. The zero-order valence-electron chi connectivity index (χ0n) is 18.4. The average Bonchev–Trinajstić information content (AvgIpc) is 3.12. The minimum atomic E-state index is -0.857. The van der Waals surface area contributed by atoms with Crippen molar-refractivity contribution in [1.29, 1.82) is 5.26 Å². The molecule has 0 aromatic heterocycles. The van der Waals surface area contributed by atoms with Gasteiger partial charge in [0.25, 0.3) is 5.91 Å². The summed E-state index contributed by atoms with van der Waals surface area (Å²) in [7, 11) is 0. The van der Waals surface area contributed by atoms with Crippen LogP contribution in [0, 0.1) is 11.3 Å². The molecule has 1 fully saturated rings. The fourth-order valence-corrected chi connectivity index (χ4v) is 4.64. The van der Waals surface area contributed by atoms with Gasteiger partial charge in [-0.3, -0.25) is 19.3 Å². The highest BCUT2D eigenvalue weighted by molar-refractivity contribution is 6.11. The number of nitrogens with zero attached hydrogens (tertiary/aromatic N) is 4. The van der Waals surface area contributed by atoms with E-state index in [0.29, 0.717) is 42.7 Å². The summed E-state index contributed by atoms with van der Waals surface area (Å²) in [6, 6.07) is 16.3. The van der Waals surface area contributed by atoms with Crippen molar-refractivity contribution in [1.82, 2.24) is 9.80 Å². The molecule has 0 radical (unpaired) electrons. The van der Waals surface area contributed by atoms with Gasteiger partial charge in [0.2, 0.25) is 11.8 Å². The number of carbonyl (C=O) groups excluding carboxylic acids is 3. The first-order chi connectivity index (χ1) is 15.4. The summed E-state index contributed by atoms with van der Waals surface area (Å²) >= 11 is 0. The average molecular weight is 431 g/mol. The van der Waals surface area contributed by atoms with Crippen LogP contribution in [-0.4, -0.2) is 46.3 Å². The lowest BCUT2D eigenvalue weighted by Gasteiger charge is -2.48. The largest absolute Gasteiger partial charge is 0.337 e. The SMILES string of the molecule is CCCN(Cc1ccc(C#N)cc1)C(=O)CN1C(=O)c2ccccc2N2C(=O)CCC12C. The molecule has 7 nitrogen and oxygen atoms in total. The van der Waals surface area contributed by atoms with Crippen LogP contribution in [-0.2, 0) is 16.1 Å². The van der Waals surface area contributed by atoms with Crippen LogP contribution >= 0.6 is 0 Å². The van der Waals surface area contributed by atoms with Gasteiger partial charge in [0.15, 0.2) is 0 Å². The van der Waals surface area contributed by atoms with Crippen LogP contribution in [0.25, 0.3) is 0 Å². The van der Waals surface area contributed by atoms with Crippen molar-refractivity contribution in [2.75, 3.05) is 18.0 Å². The Morgan fingerprint density at radius 3 is 2.56 bits per heavy atom. The Balaban J connectivity index is 1.60. The van der Waals surface area contributed by atoms with Gasteiger partial charge in [-0.05, 0) is 49.6 Å². The lowest BCUT2D eigenvalue weighted by molar-refractivity contribution is -0.134. The minimum Gasteiger partial charge on any atom is -0.337 e. The fraction of sp³-hybridized carbons (Fsp3) is 0.360. The Kier molecular flexibility index (Phi) is 5.70. The standard InChI is InChI=1S/C25H26N4O3/c1-3-14-27(16-19-10-8-18(15-26)9-11-19)23(31)17-28-24(32)20-6-4-5-7-21(20)29-22(30)12-13-25(28,29)2/h4-11H,3,12-14,16-17H2,1-2H3. The number of carbonyl (C=O) groups is 3. The molecular weight excluding hydrogens is 404 g/mol. The van der Waals surface area contributed by atoms with Crippen molar-refractivity contribution >= 4 is 23.4 Å². The predicted octanol–water partition coefficient (Wildman–Crippen LogP) is 3.30. The van der Waals surface area contributed by atoms with Crippen molar-refractivity contribution in [2.24, 2.45) is 0 Å². The zero-order chi connectivity index (χ0) is 22.9. The van der Waals surface area contributed by atoms with Gasteiger partial charge in [-0.2, -0.15) is 5.26 Å². The van der Waals surface area contributed by atoms with E-state index in [9.17, 15) is 14.4 Å². The second kappa shape index (κ2) is 8.46. The first-order valence-corrected chi connectivity index (χ1v) is 10.9. The number of fused-ring (bicyclic) bond motifs is 3. The van der Waals surface area contributed by atoms with Gasteiger partial charge in [0, 0.05) is 19.5 Å². The molecule has 0 bridgehead atoms. The molecule has 2 aliphatic heterocycles. The Bertz CT molecular complexity index is 1100. The molecule has 2 aromatic carbocycles. The van der Waals surface area contributed by atoms with E-state index in [4.69, 9.17) is 5.26 Å². The van der Waals surface area contributed by atoms with Gasteiger partial charge >= 0.3 is 0 Å². The summed E-state index contributed by atoms with van der Waals surface area (Å²) < 4.78 is 0. The maximum Gasteiger partial charge on any atom is 0.258 e. The number of benzene rings is 2. The normalized spacial score (nSPS) is 19.4. The molecule has 2 aliphatic rings. The quantitative estimate of drug-likeness (QED) is 0.704. The van der Waals surface area contributed by atoms with Gasteiger partial charge in [0.1, 0.15) is 12.2 Å². The Morgan fingerprint density at radius 1 is 1.16 bits per heavy atom. The molecule has 0 N–H and O–H groups in total. The van der Waals surface area contributed by atoms with Crippen molar-refractivity contribution < 1.29 is 14.4 Å². The molecule has 7 heteroatoms. The van der Waals surface area contributed by atoms with Gasteiger partial charge in [0.05, 0.1) is 22.9 Å². The lowest BCUT2D eigenvalue weighted by Crippen LogP contribution is -2.64. The summed E-state index contributed by atoms with van der Waals surface area (Å²) in [5.41, 5.74) is 1.70. The van der Waals surface area contributed by atoms with Crippen LogP contribution in [0.4, 0.5) is 5.69 Å². The van der Waals surface area contributed by atoms with Crippen molar-refractivity contribution in [3.05, 3.63) is 65.2 Å². The number of hydrogen-bond acceptors (Lipinski definition) is 4. The molecule has 2 aromatic rings. The topological polar surface area (TPSA) is 84.7 Å². The molecule has 3 amide bonds. The third-order valence-electron chi connectivity index (χ3n) is 6.34. The van der Waals surface area contributed by atoms with E-state index < -0.39 is 5.66 Å². The first-order valence-electron chi connectivity index (χ1n) is 10.9. The second-order valence-corrected chi connectivity index (χ2v) is 8.48. The molecule has 32 heavy (non-hydrogen) atoms. The van der Waals surface area contributed by atoms with Gasteiger partial charge < -0.3 is 9.80 Å². The summed E-state index contributed by atoms with van der Waals surface area (Å²) in [5, 5.41) is 9.00. The molecule has 1 atom stereocenters. The van der Waals surface area contributed by atoms with Crippen molar-refractivity contribution in [3.8, 4) is 6.07 Å².